The van der Waals surface area contributed by atoms with Gasteiger partial charge in [0.1, 0.15) is 5.75 Å². The van der Waals surface area contributed by atoms with E-state index in [1.54, 1.807) is 13.2 Å². The summed E-state index contributed by atoms with van der Waals surface area (Å²) in [6.45, 7) is 2.44. The lowest BCUT2D eigenvalue weighted by molar-refractivity contribution is 0.105. The lowest BCUT2D eigenvalue weighted by atomic mass is 10.1. The van der Waals surface area contributed by atoms with E-state index in [9.17, 15) is 9.59 Å². The van der Waals surface area contributed by atoms with E-state index in [0.29, 0.717) is 18.0 Å². The van der Waals surface area contributed by atoms with Crippen LogP contribution < -0.4 is 15.6 Å². The molecule has 0 bridgehead atoms. The highest BCUT2D eigenvalue weighted by Gasteiger charge is 2.09. The molecule has 1 heterocycles. The van der Waals surface area contributed by atoms with Gasteiger partial charge < -0.3 is 14.8 Å². The van der Waals surface area contributed by atoms with Crippen molar-refractivity contribution in [2.45, 2.75) is 39.3 Å². The Kier molecular flexibility index (Phi) is 7.67. The fourth-order valence-corrected chi connectivity index (χ4v) is 2.45. The number of aromatic nitrogens is 2. The van der Waals surface area contributed by atoms with Crippen LogP contribution >= 0.6 is 0 Å². The van der Waals surface area contributed by atoms with Gasteiger partial charge >= 0.3 is 6.09 Å². The Morgan fingerprint density at radius 3 is 2.73 bits per heavy atom. The van der Waals surface area contributed by atoms with Crippen molar-refractivity contribution >= 4 is 6.09 Å². The predicted octanol–water partition coefficient (Wildman–Crippen LogP) is 3.18. The molecule has 1 amide bonds. The van der Waals surface area contributed by atoms with Crippen LogP contribution in [-0.2, 0) is 11.5 Å². The quantitative estimate of drug-likeness (QED) is 0.695. The topological polar surface area (TPSA) is 82.4 Å². The maximum absolute atomic E-state index is 12.0. The molecular weight excluding hydrogens is 334 g/mol. The highest BCUT2D eigenvalue weighted by Crippen LogP contribution is 2.27. The molecule has 0 atom stereocenters. The summed E-state index contributed by atoms with van der Waals surface area (Å²) in [5, 5.41) is 6.93. The van der Waals surface area contributed by atoms with Gasteiger partial charge in [-0.1, -0.05) is 38.3 Å². The maximum atomic E-state index is 12.0. The van der Waals surface area contributed by atoms with Gasteiger partial charge in [0.15, 0.2) is 6.73 Å². The van der Waals surface area contributed by atoms with E-state index in [0.717, 1.165) is 35.9 Å². The third-order valence-corrected chi connectivity index (χ3v) is 3.87. The van der Waals surface area contributed by atoms with Gasteiger partial charge in [0.25, 0.3) is 5.56 Å². The highest BCUT2D eigenvalue weighted by atomic mass is 16.6. The Balaban J connectivity index is 1.97. The molecule has 1 aromatic heterocycles. The Labute approximate surface area is 152 Å². The maximum Gasteiger partial charge on any atom is 0.408 e. The molecule has 7 nitrogen and oxygen atoms in total. The molecule has 1 N–H and O–H groups in total. The number of rotatable bonds is 9. The van der Waals surface area contributed by atoms with Crippen LogP contribution in [0.15, 0.2) is 41.2 Å². The van der Waals surface area contributed by atoms with Gasteiger partial charge in [0.05, 0.1) is 12.8 Å². The van der Waals surface area contributed by atoms with Crippen molar-refractivity contribution in [2.24, 2.45) is 0 Å². The number of carbonyl (C=O) groups is 1. The zero-order valence-corrected chi connectivity index (χ0v) is 15.2. The number of methoxy groups -OCH3 is 1. The lowest BCUT2D eigenvalue weighted by Gasteiger charge is -2.11. The normalized spacial score (nSPS) is 10.4. The fourth-order valence-electron chi connectivity index (χ4n) is 2.45. The van der Waals surface area contributed by atoms with E-state index in [4.69, 9.17) is 9.47 Å². The Hall–Kier alpha value is -2.83. The highest BCUT2D eigenvalue weighted by molar-refractivity contribution is 5.67. The Bertz CT molecular complexity index is 773. The zero-order valence-electron chi connectivity index (χ0n) is 15.2. The number of alkyl carbamates (subject to hydrolysis) is 1. The monoisotopic (exact) mass is 359 g/mol. The molecule has 0 unspecified atom stereocenters. The lowest BCUT2D eigenvalue weighted by Crippen LogP contribution is -2.30. The van der Waals surface area contributed by atoms with Gasteiger partial charge in [-0.3, -0.25) is 4.79 Å². The standard InChI is InChI=1S/C19H25N3O4/c1-3-4-5-8-13-20-19(24)26-14-22-18(23)12-11-16(21-22)15-9-6-7-10-17(15)25-2/h6-7,9-12H,3-5,8,13-14H2,1-2H3,(H,20,24). The van der Waals surface area contributed by atoms with Crippen molar-refractivity contribution in [1.29, 1.82) is 0 Å². The van der Waals surface area contributed by atoms with Crippen LogP contribution in [0.2, 0.25) is 0 Å². The molecule has 0 aliphatic heterocycles. The zero-order chi connectivity index (χ0) is 18.8. The van der Waals surface area contributed by atoms with E-state index < -0.39 is 6.09 Å². The Morgan fingerprint density at radius 2 is 1.96 bits per heavy atom. The molecule has 26 heavy (non-hydrogen) atoms. The van der Waals surface area contributed by atoms with Gasteiger partial charge in [0, 0.05) is 18.2 Å². The summed E-state index contributed by atoms with van der Waals surface area (Å²) in [6, 6.07) is 10.4. The fraction of sp³-hybridized carbons (Fsp3) is 0.421. The molecule has 0 fully saturated rings. The van der Waals surface area contributed by atoms with Crippen LogP contribution in [-0.4, -0.2) is 29.5 Å². The third kappa shape index (κ3) is 5.61. The number of nitrogens with one attached hydrogen (secondary N) is 1. The first-order valence-corrected chi connectivity index (χ1v) is 8.78. The van der Waals surface area contributed by atoms with E-state index in [-0.39, 0.29) is 12.3 Å². The molecule has 0 aliphatic rings. The minimum atomic E-state index is -0.558. The average Bonchev–Trinajstić information content (AvgIpc) is 2.67. The van der Waals surface area contributed by atoms with Crippen LogP contribution in [0.4, 0.5) is 4.79 Å². The van der Waals surface area contributed by atoms with Crippen molar-refractivity contribution in [3.8, 4) is 17.0 Å². The van der Waals surface area contributed by atoms with Crippen molar-refractivity contribution in [2.75, 3.05) is 13.7 Å². The minimum Gasteiger partial charge on any atom is -0.496 e. The molecular formula is C19H25N3O4. The van der Waals surface area contributed by atoms with Gasteiger partial charge in [-0.25, -0.2) is 4.79 Å². The van der Waals surface area contributed by atoms with Crippen LogP contribution in [0.1, 0.15) is 32.6 Å². The first-order valence-electron chi connectivity index (χ1n) is 8.78. The van der Waals surface area contributed by atoms with Gasteiger partial charge in [-0.2, -0.15) is 9.78 Å². The van der Waals surface area contributed by atoms with Crippen molar-refractivity contribution in [3.63, 3.8) is 0 Å². The van der Waals surface area contributed by atoms with Crippen molar-refractivity contribution < 1.29 is 14.3 Å². The number of ether oxygens (including phenoxy) is 2. The van der Waals surface area contributed by atoms with Crippen LogP contribution in [0.5, 0.6) is 5.75 Å². The molecule has 0 spiro atoms. The number of hydrogen-bond acceptors (Lipinski definition) is 5. The van der Waals surface area contributed by atoms with Gasteiger partial charge in [-0.15, -0.1) is 0 Å². The minimum absolute atomic E-state index is 0.247. The number of amides is 1. The molecule has 0 aliphatic carbocycles. The molecule has 0 saturated carbocycles. The molecule has 7 heteroatoms. The summed E-state index contributed by atoms with van der Waals surface area (Å²) < 4.78 is 11.5. The summed E-state index contributed by atoms with van der Waals surface area (Å²) >= 11 is 0. The molecule has 0 radical (unpaired) electrons. The van der Waals surface area contributed by atoms with Crippen LogP contribution in [0, 0.1) is 0 Å². The Morgan fingerprint density at radius 1 is 1.15 bits per heavy atom. The molecule has 2 aromatic rings. The van der Waals surface area contributed by atoms with E-state index >= 15 is 0 Å². The van der Waals surface area contributed by atoms with Crippen molar-refractivity contribution in [3.05, 3.63) is 46.8 Å². The summed E-state index contributed by atoms with van der Waals surface area (Å²) in [5.74, 6) is 0.649. The molecule has 1 aromatic carbocycles. The predicted molar refractivity (Wildman–Crippen MR) is 99.1 cm³/mol. The van der Waals surface area contributed by atoms with Crippen LogP contribution in [0.25, 0.3) is 11.3 Å². The summed E-state index contributed by atoms with van der Waals surface area (Å²) in [5.41, 5.74) is 0.967. The number of nitrogens with zero attached hydrogens (tertiary/aromatic N) is 2. The summed E-state index contributed by atoms with van der Waals surface area (Å²) in [6.07, 6.45) is 3.70. The second-order valence-electron chi connectivity index (χ2n) is 5.80. The SMILES string of the molecule is CCCCCCNC(=O)OCn1nc(-c2ccccc2OC)ccc1=O. The number of benzene rings is 1. The second-order valence-corrected chi connectivity index (χ2v) is 5.80. The van der Waals surface area contributed by atoms with E-state index in [1.165, 1.54) is 6.07 Å². The summed E-state index contributed by atoms with van der Waals surface area (Å²) in [4.78, 5) is 23.7. The second kappa shape index (κ2) is 10.2. The first-order chi connectivity index (χ1) is 12.7. The number of unbranched alkanes of at least 4 members (excludes halogenated alkanes) is 3. The van der Waals surface area contributed by atoms with E-state index in [2.05, 4.69) is 17.3 Å². The smallest absolute Gasteiger partial charge is 0.408 e. The molecule has 0 saturated heterocycles. The third-order valence-electron chi connectivity index (χ3n) is 3.87. The molecule has 140 valence electrons. The molecule has 2 rings (SSSR count). The number of para-hydroxylation sites is 1. The average molecular weight is 359 g/mol. The van der Waals surface area contributed by atoms with Crippen LogP contribution in [0.3, 0.4) is 0 Å². The van der Waals surface area contributed by atoms with Gasteiger partial charge in [-0.05, 0) is 24.6 Å². The van der Waals surface area contributed by atoms with Gasteiger partial charge in [0.2, 0.25) is 0 Å². The largest absolute Gasteiger partial charge is 0.496 e. The first kappa shape index (κ1) is 19.5. The number of carbonyl (C=O) groups excluding carboxylic acids is 1. The number of hydrogen-bond donors (Lipinski definition) is 1. The summed E-state index contributed by atoms with van der Waals surface area (Å²) in [7, 11) is 1.57. The van der Waals surface area contributed by atoms with Crippen molar-refractivity contribution in [1.82, 2.24) is 15.1 Å². The van der Waals surface area contributed by atoms with E-state index in [1.807, 2.05) is 24.3 Å².